The van der Waals surface area contributed by atoms with Gasteiger partial charge in [0.2, 0.25) is 0 Å². The predicted octanol–water partition coefficient (Wildman–Crippen LogP) is 4.37. The fraction of sp³-hybridized carbons (Fsp3) is 0.286. The second-order valence-electron chi connectivity index (χ2n) is 7.02. The zero-order chi connectivity index (χ0) is 15.9. The zero-order valence-corrected chi connectivity index (χ0v) is 13.8. The summed E-state index contributed by atoms with van der Waals surface area (Å²) in [6.45, 7) is 6.57. The highest BCUT2D eigenvalue weighted by molar-refractivity contribution is 6.06. The Bertz CT molecular complexity index is 784. The van der Waals surface area contributed by atoms with Crippen molar-refractivity contribution in [3.8, 4) is 0 Å². The Labute approximate surface area is 138 Å². The molecule has 23 heavy (non-hydrogen) atoms. The molecule has 0 N–H and O–H groups in total. The van der Waals surface area contributed by atoms with E-state index in [1.807, 2.05) is 0 Å². The Kier molecular flexibility index (Phi) is 3.33. The van der Waals surface area contributed by atoms with Crippen molar-refractivity contribution in [1.29, 1.82) is 0 Å². The molecule has 4 rings (SSSR count). The summed E-state index contributed by atoms with van der Waals surface area (Å²) >= 11 is 0. The van der Waals surface area contributed by atoms with Gasteiger partial charge in [0.25, 0.3) is 0 Å². The van der Waals surface area contributed by atoms with Gasteiger partial charge in [0.05, 0.1) is 6.54 Å². The number of amidine groups is 1. The number of fused-ring (bicyclic) bond motifs is 3. The maximum atomic E-state index is 4.77. The average Bonchev–Trinajstić information content (AvgIpc) is 3.04. The summed E-state index contributed by atoms with van der Waals surface area (Å²) < 4.78 is 0. The molecule has 2 heterocycles. The first-order valence-corrected chi connectivity index (χ1v) is 8.33. The van der Waals surface area contributed by atoms with Gasteiger partial charge in [-0.1, -0.05) is 68.4 Å². The minimum atomic E-state index is 0.0694. The summed E-state index contributed by atoms with van der Waals surface area (Å²) in [5.41, 5.74) is 5.40. The molecule has 0 fully saturated rings. The standard InChI is InChI=1S/C21H22N2/c1-21(2,15-16-8-4-3-5-9-16)19-14-17-10-6-7-11-18(17)20-22-12-13-23(19)20/h3-11,14H,12-13,15H2,1-2H3. The summed E-state index contributed by atoms with van der Waals surface area (Å²) in [5, 5.41) is 0. The fourth-order valence-corrected chi connectivity index (χ4v) is 3.72. The molecular weight excluding hydrogens is 280 g/mol. The second kappa shape index (κ2) is 5.38. The molecule has 0 aromatic heterocycles. The summed E-state index contributed by atoms with van der Waals surface area (Å²) in [7, 11) is 0. The smallest absolute Gasteiger partial charge is 0.135 e. The lowest BCUT2D eigenvalue weighted by atomic mass is 9.79. The molecule has 0 bridgehead atoms. The molecule has 0 atom stereocenters. The number of hydrogen-bond donors (Lipinski definition) is 0. The molecule has 0 saturated carbocycles. The highest BCUT2D eigenvalue weighted by Crippen LogP contribution is 2.39. The van der Waals surface area contributed by atoms with Crippen molar-refractivity contribution in [2.75, 3.05) is 13.1 Å². The van der Waals surface area contributed by atoms with Crippen LogP contribution in [0.25, 0.3) is 6.08 Å². The molecule has 0 radical (unpaired) electrons. The van der Waals surface area contributed by atoms with E-state index in [0.29, 0.717) is 0 Å². The zero-order valence-electron chi connectivity index (χ0n) is 13.8. The van der Waals surface area contributed by atoms with Gasteiger partial charge in [-0.15, -0.1) is 0 Å². The number of allylic oxidation sites excluding steroid dienone is 1. The average molecular weight is 302 g/mol. The fourth-order valence-electron chi connectivity index (χ4n) is 3.72. The lowest BCUT2D eigenvalue weighted by molar-refractivity contribution is 0.348. The van der Waals surface area contributed by atoms with Gasteiger partial charge in [0.1, 0.15) is 5.84 Å². The van der Waals surface area contributed by atoms with Crippen molar-refractivity contribution >= 4 is 11.9 Å². The van der Waals surface area contributed by atoms with Crippen molar-refractivity contribution in [2.24, 2.45) is 10.4 Å². The third kappa shape index (κ3) is 2.48. The van der Waals surface area contributed by atoms with Crippen molar-refractivity contribution in [3.05, 3.63) is 77.0 Å². The molecule has 2 aliphatic heterocycles. The molecule has 0 unspecified atom stereocenters. The SMILES string of the molecule is CC(C)(Cc1ccccc1)C1=Cc2ccccc2C2=NCCN12. The summed E-state index contributed by atoms with van der Waals surface area (Å²) in [4.78, 5) is 7.19. The van der Waals surface area contributed by atoms with Gasteiger partial charge in [-0.05, 0) is 23.6 Å². The van der Waals surface area contributed by atoms with Crippen LogP contribution in [-0.4, -0.2) is 23.8 Å². The lowest BCUT2D eigenvalue weighted by Crippen LogP contribution is -2.38. The highest BCUT2D eigenvalue weighted by atomic mass is 15.3. The molecule has 0 spiro atoms. The predicted molar refractivity (Wildman–Crippen MR) is 96.5 cm³/mol. The Balaban J connectivity index is 1.76. The van der Waals surface area contributed by atoms with Crippen LogP contribution in [0.1, 0.15) is 30.5 Å². The lowest BCUT2D eigenvalue weighted by Gasteiger charge is -2.38. The first-order chi connectivity index (χ1) is 11.1. The molecule has 2 nitrogen and oxygen atoms in total. The maximum Gasteiger partial charge on any atom is 0.135 e. The van der Waals surface area contributed by atoms with Crippen LogP contribution in [0.15, 0.2) is 65.3 Å². The molecule has 0 saturated heterocycles. The van der Waals surface area contributed by atoms with Crippen LogP contribution < -0.4 is 0 Å². The minimum Gasteiger partial charge on any atom is -0.327 e. The summed E-state index contributed by atoms with van der Waals surface area (Å²) in [5.74, 6) is 1.15. The van der Waals surface area contributed by atoms with Gasteiger partial charge < -0.3 is 4.90 Å². The number of rotatable bonds is 3. The van der Waals surface area contributed by atoms with E-state index >= 15 is 0 Å². The van der Waals surface area contributed by atoms with Crippen LogP contribution in [-0.2, 0) is 6.42 Å². The highest BCUT2D eigenvalue weighted by Gasteiger charge is 2.35. The Morgan fingerprint density at radius 3 is 2.57 bits per heavy atom. The normalized spacial score (nSPS) is 16.5. The van der Waals surface area contributed by atoms with Crippen molar-refractivity contribution in [3.63, 3.8) is 0 Å². The van der Waals surface area contributed by atoms with E-state index in [9.17, 15) is 0 Å². The van der Waals surface area contributed by atoms with Crippen LogP contribution in [0.2, 0.25) is 0 Å². The number of aliphatic imine (C=N–C) groups is 1. The van der Waals surface area contributed by atoms with Crippen LogP contribution in [0.4, 0.5) is 0 Å². The molecule has 2 aromatic carbocycles. The molecule has 2 heteroatoms. The second-order valence-corrected chi connectivity index (χ2v) is 7.02. The number of benzene rings is 2. The van der Waals surface area contributed by atoms with Crippen LogP contribution in [0.5, 0.6) is 0 Å². The van der Waals surface area contributed by atoms with Gasteiger partial charge in [-0.3, -0.25) is 4.99 Å². The molecule has 2 aromatic rings. The first kappa shape index (κ1) is 14.3. The van der Waals surface area contributed by atoms with E-state index in [-0.39, 0.29) is 5.41 Å². The monoisotopic (exact) mass is 302 g/mol. The summed E-state index contributed by atoms with van der Waals surface area (Å²) in [6.07, 6.45) is 3.40. The maximum absolute atomic E-state index is 4.77. The number of hydrogen-bond acceptors (Lipinski definition) is 2. The minimum absolute atomic E-state index is 0.0694. The van der Waals surface area contributed by atoms with E-state index in [2.05, 4.69) is 79.4 Å². The molecular formula is C21H22N2. The van der Waals surface area contributed by atoms with E-state index in [1.165, 1.54) is 22.4 Å². The molecule has 0 amide bonds. The van der Waals surface area contributed by atoms with Gasteiger partial charge in [-0.2, -0.15) is 0 Å². The van der Waals surface area contributed by atoms with Crippen molar-refractivity contribution < 1.29 is 0 Å². The van der Waals surface area contributed by atoms with E-state index in [0.717, 1.165) is 25.3 Å². The van der Waals surface area contributed by atoms with E-state index in [4.69, 9.17) is 4.99 Å². The topological polar surface area (TPSA) is 15.6 Å². The largest absolute Gasteiger partial charge is 0.327 e. The Morgan fingerprint density at radius 2 is 1.74 bits per heavy atom. The van der Waals surface area contributed by atoms with Crippen molar-refractivity contribution in [1.82, 2.24) is 4.90 Å². The van der Waals surface area contributed by atoms with Crippen molar-refractivity contribution in [2.45, 2.75) is 20.3 Å². The van der Waals surface area contributed by atoms with Gasteiger partial charge in [-0.25, -0.2) is 0 Å². The third-order valence-corrected chi connectivity index (χ3v) is 4.81. The van der Waals surface area contributed by atoms with Gasteiger partial charge >= 0.3 is 0 Å². The molecule has 116 valence electrons. The van der Waals surface area contributed by atoms with Crippen LogP contribution in [0.3, 0.4) is 0 Å². The quantitative estimate of drug-likeness (QED) is 0.822. The van der Waals surface area contributed by atoms with Crippen LogP contribution >= 0.6 is 0 Å². The molecule has 2 aliphatic rings. The van der Waals surface area contributed by atoms with Crippen LogP contribution in [0, 0.1) is 5.41 Å². The summed E-state index contributed by atoms with van der Waals surface area (Å²) in [6, 6.07) is 19.4. The number of nitrogens with zero attached hydrogens (tertiary/aromatic N) is 2. The Morgan fingerprint density at radius 1 is 1.00 bits per heavy atom. The van der Waals surface area contributed by atoms with E-state index in [1.54, 1.807) is 0 Å². The Hall–Kier alpha value is -2.35. The first-order valence-electron chi connectivity index (χ1n) is 8.33. The van der Waals surface area contributed by atoms with Gasteiger partial charge in [0.15, 0.2) is 0 Å². The molecule has 0 aliphatic carbocycles. The van der Waals surface area contributed by atoms with Gasteiger partial charge in [0, 0.05) is 23.2 Å². The van der Waals surface area contributed by atoms with E-state index < -0.39 is 0 Å². The third-order valence-electron chi connectivity index (χ3n) is 4.81.